The summed E-state index contributed by atoms with van der Waals surface area (Å²) in [5.41, 5.74) is 0.997. The van der Waals surface area contributed by atoms with E-state index >= 15 is 0 Å². The molecule has 0 bridgehead atoms. The molecule has 0 aliphatic heterocycles. The Hall–Kier alpha value is -0.930. The SMILES string of the molecule is CC(C)CC(CNCc1cccc(F)c1)N(C)C. The Morgan fingerprint density at radius 2 is 2.00 bits per heavy atom. The number of rotatable bonds is 7. The predicted octanol–water partition coefficient (Wildman–Crippen LogP) is 2.89. The maximum Gasteiger partial charge on any atom is 0.123 e. The third-order valence-corrected chi connectivity index (χ3v) is 3.07. The third kappa shape index (κ3) is 5.61. The number of nitrogens with one attached hydrogen (secondary N) is 1. The van der Waals surface area contributed by atoms with Crippen molar-refractivity contribution in [1.29, 1.82) is 0 Å². The average molecular weight is 252 g/mol. The molecule has 0 radical (unpaired) electrons. The van der Waals surface area contributed by atoms with Crippen molar-refractivity contribution in [3.05, 3.63) is 35.6 Å². The van der Waals surface area contributed by atoms with Crippen LogP contribution in [-0.4, -0.2) is 31.6 Å². The fourth-order valence-electron chi connectivity index (χ4n) is 2.05. The van der Waals surface area contributed by atoms with E-state index in [4.69, 9.17) is 0 Å². The Kier molecular flexibility index (Phi) is 6.30. The number of nitrogens with zero attached hydrogens (tertiary/aromatic N) is 1. The van der Waals surface area contributed by atoms with Crippen molar-refractivity contribution in [2.75, 3.05) is 20.6 Å². The summed E-state index contributed by atoms with van der Waals surface area (Å²) in [6.45, 7) is 6.13. The largest absolute Gasteiger partial charge is 0.311 e. The van der Waals surface area contributed by atoms with E-state index in [-0.39, 0.29) is 5.82 Å². The van der Waals surface area contributed by atoms with Crippen LogP contribution in [0, 0.1) is 11.7 Å². The molecule has 1 unspecified atom stereocenters. The molecule has 0 aromatic heterocycles. The Morgan fingerprint density at radius 3 is 2.56 bits per heavy atom. The summed E-state index contributed by atoms with van der Waals surface area (Å²) in [5, 5.41) is 3.41. The maximum atomic E-state index is 13.0. The zero-order valence-corrected chi connectivity index (χ0v) is 11.9. The minimum absolute atomic E-state index is 0.166. The van der Waals surface area contributed by atoms with Gasteiger partial charge in [0.2, 0.25) is 0 Å². The highest BCUT2D eigenvalue weighted by Gasteiger charge is 2.12. The quantitative estimate of drug-likeness (QED) is 0.802. The number of likely N-dealkylation sites (N-methyl/N-ethyl adjacent to an activating group) is 1. The monoisotopic (exact) mass is 252 g/mol. The van der Waals surface area contributed by atoms with Crippen LogP contribution in [0.5, 0.6) is 0 Å². The molecule has 0 saturated carbocycles. The van der Waals surface area contributed by atoms with Crippen LogP contribution in [0.1, 0.15) is 25.8 Å². The highest BCUT2D eigenvalue weighted by molar-refractivity contribution is 5.15. The highest BCUT2D eigenvalue weighted by Crippen LogP contribution is 2.09. The molecule has 1 aromatic carbocycles. The summed E-state index contributed by atoms with van der Waals surface area (Å²) in [7, 11) is 4.22. The minimum atomic E-state index is -0.166. The summed E-state index contributed by atoms with van der Waals surface area (Å²) in [6, 6.07) is 7.29. The molecule has 0 saturated heterocycles. The van der Waals surface area contributed by atoms with Gasteiger partial charge in [-0.25, -0.2) is 4.39 Å². The first-order valence-corrected chi connectivity index (χ1v) is 6.60. The minimum Gasteiger partial charge on any atom is -0.311 e. The van der Waals surface area contributed by atoms with Crippen molar-refractivity contribution in [2.24, 2.45) is 5.92 Å². The molecule has 0 spiro atoms. The molecule has 1 rings (SSSR count). The van der Waals surface area contributed by atoms with Gasteiger partial charge in [0.1, 0.15) is 5.82 Å². The second-order valence-corrected chi connectivity index (χ2v) is 5.51. The first kappa shape index (κ1) is 15.1. The number of hydrogen-bond acceptors (Lipinski definition) is 2. The fraction of sp³-hybridized carbons (Fsp3) is 0.600. The van der Waals surface area contributed by atoms with Gasteiger partial charge in [-0.2, -0.15) is 0 Å². The van der Waals surface area contributed by atoms with Gasteiger partial charge in [0.05, 0.1) is 0 Å². The van der Waals surface area contributed by atoms with E-state index in [9.17, 15) is 4.39 Å². The third-order valence-electron chi connectivity index (χ3n) is 3.07. The molecule has 0 heterocycles. The van der Waals surface area contributed by atoms with Gasteiger partial charge in [-0.1, -0.05) is 26.0 Å². The molecular weight excluding hydrogens is 227 g/mol. The van der Waals surface area contributed by atoms with Gasteiger partial charge in [-0.3, -0.25) is 0 Å². The van der Waals surface area contributed by atoms with E-state index in [1.54, 1.807) is 12.1 Å². The topological polar surface area (TPSA) is 15.3 Å². The van der Waals surface area contributed by atoms with Crippen LogP contribution >= 0.6 is 0 Å². The van der Waals surface area contributed by atoms with Gasteiger partial charge < -0.3 is 10.2 Å². The molecule has 18 heavy (non-hydrogen) atoms. The summed E-state index contributed by atoms with van der Waals surface area (Å²) in [6.07, 6.45) is 1.17. The molecule has 1 N–H and O–H groups in total. The molecule has 2 nitrogen and oxygen atoms in total. The maximum absolute atomic E-state index is 13.0. The zero-order chi connectivity index (χ0) is 13.5. The second kappa shape index (κ2) is 7.49. The lowest BCUT2D eigenvalue weighted by Crippen LogP contribution is -2.38. The van der Waals surface area contributed by atoms with Crippen molar-refractivity contribution in [3.8, 4) is 0 Å². The van der Waals surface area contributed by atoms with E-state index in [1.165, 1.54) is 12.5 Å². The van der Waals surface area contributed by atoms with Crippen molar-refractivity contribution < 1.29 is 4.39 Å². The van der Waals surface area contributed by atoms with Gasteiger partial charge in [0.25, 0.3) is 0 Å². The van der Waals surface area contributed by atoms with E-state index in [0.717, 1.165) is 18.7 Å². The molecule has 0 amide bonds. The smallest absolute Gasteiger partial charge is 0.123 e. The average Bonchev–Trinajstić information content (AvgIpc) is 2.27. The number of hydrogen-bond donors (Lipinski definition) is 1. The summed E-state index contributed by atoms with van der Waals surface area (Å²) >= 11 is 0. The summed E-state index contributed by atoms with van der Waals surface area (Å²) in [5.74, 6) is 0.522. The van der Waals surface area contributed by atoms with Crippen molar-refractivity contribution >= 4 is 0 Å². The van der Waals surface area contributed by atoms with Crippen molar-refractivity contribution in [1.82, 2.24) is 10.2 Å². The molecular formula is C15H25FN2. The molecule has 0 aliphatic carbocycles. The Bertz CT molecular complexity index is 350. The lowest BCUT2D eigenvalue weighted by atomic mass is 10.0. The molecule has 3 heteroatoms. The van der Waals surface area contributed by atoms with E-state index in [0.29, 0.717) is 12.0 Å². The fourth-order valence-corrected chi connectivity index (χ4v) is 2.05. The van der Waals surface area contributed by atoms with Gasteiger partial charge in [-0.15, -0.1) is 0 Å². The van der Waals surface area contributed by atoms with Crippen LogP contribution in [0.25, 0.3) is 0 Å². The summed E-state index contributed by atoms with van der Waals surface area (Å²) in [4.78, 5) is 2.25. The standard InChI is InChI=1S/C15H25FN2/c1-12(2)8-15(18(3)4)11-17-10-13-6-5-7-14(16)9-13/h5-7,9,12,15,17H,8,10-11H2,1-4H3. The van der Waals surface area contributed by atoms with E-state index in [2.05, 4.69) is 38.2 Å². The Balaban J connectivity index is 2.39. The normalized spacial score (nSPS) is 13.3. The van der Waals surface area contributed by atoms with E-state index < -0.39 is 0 Å². The molecule has 0 fully saturated rings. The summed E-state index contributed by atoms with van der Waals surface area (Å²) < 4.78 is 13.0. The van der Waals surface area contributed by atoms with Gasteiger partial charge in [-0.05, 0) is 44.1 Å². The highest BCUT2D eigenvalue weighted by atomic mass is 19.1. The molecule has 1 aromatic rings. The Labute approximate surface area is 110 Å². The number of benzene rings is 1. The first-order valence-electron chi connectivity index (χ1n) is 6.60. The van der Waals surface area contributed by atoms with Gasteiger partial charge in [0.15, 0.2) is 0 Å². The first-order chi connectivity index (χ1) is 8.49. The van der Waals surface area contributed by atoms with Crippen LogP contribution < -0.4 is 5.32 Å². The lowest BCUT2D eigenvalue weighted by Gasteiger charge is -2.26. The van der Waals surface area contributed by atoms with Crippen LogP contribution in [0.3, 0.4) is 0 Å². The molecule has 0 aliphatic rings. The second-order valence-electron chi connectivity index (χ2n) is 5.51. The zero-order valence-electron chi connectivity index (χ0n) is 11.9. The molecule has 1 atom stereocenters. The van der Waals surface area contributed by atoms with Gasteiger partial charge >= 0.3 is 0 Å². The van der Waals surface area contributed by atoms with Crippen LogP contribution in [0.4, 0.5) is 4.39 Å². The number of halogens is 1. The van der Waals surface area contributed by atoms with Crippen molar-refractivity contribution in [2.45, 2.75) is 32.9 Å². The van der Waals surface area contributed by atoms with Gasteiger partial charge in [0, 0.05) is 19.1 Å². The Morgan fingerprint density at radius 1 is 1.28 bits per heavy atom. The van der Waals surface area contributed by atoms with Crippen molar-refractivity contribution in [3.63, 3.8) is 0 Å². The predicted molar refractivity (Wildman–Crippen MR) is 75.0 cm³/mol. The molecule has 102 valence electrons. The van der Waals surface area contributed by atoms with Crippen LogP contribution in [-0.2, 0) is 6.54 Å². The van der Waals surface area contributed by atoms with E-state index in [1.807, 2.05) is 6.07 Å². The lowest BCUT2D eigenvalue weighted by molar-refractivity contribution is 0.246. The van der Waals surface area contributed by atoms with Crippen LogP contribution in [0.15, 0.2) is 24.3 Å². The van der Waals surface area contributed by atoms with Crippen LogP contribution in [0.2, 0.25) is 0 Å².